The van der Waals surface area contributed by atoms with Crippen molar-refractivity contribution in [2.24, 2.45) is 29.2 Å². The Kier molecular flexibility index (Phi) is 9.17. The Bertz CT molecular complexity index is 1910. The molecule has 7 rings (SSSR count). The van der Waals surface area contributed by atoms with E-state index in [9.17, 15) is 13.8 Å². The third-order valence-electron chi connectivity index (χ3n) is 10.9. The number of aryl methyl sites for hydroxylation is 3. The molecule has 4 aliphatic rings. The maximum absolute atomic E-state index is 14.4. The number of aromatic nitrogens is 2. The van der Waals surface area contributed by atoms with Crippen molar-refractivity contribution in [3.05, 3.63) is 88.8 Å². The summed E-state index contributed by atoms with van der Waals surface area (Å²) in [5, 5.41) is 4.06. The van der Waals surface area contributed by atoms with E-state index in [-0.39, 0.29) is 28.8 Å². The van der Waals surface area contributed by atoms with Gasteiger partial charge in [-0.15, -0.1) is 4.36 Å². The number of rotatable bonds is 3. The number of ether oxygens (including phenoxy) is 2. The molecule has 2 bridgehead atoms. The lowest BCUT2D eigenvalue weighted by atomic mass is 9.68. The van der Waals surface area contributed by atoms with Gasteiger partial charge in [-0.25, -0.2) is 4.21 Å². The second-order valence-corrected chi connectivity index (χ2v) is 16.7. The van der Waals surface area contributed by atoms with E-state index in [0.717, 1.165) is 56.6 Å². The predicted molar refractivity (Wildman–Crippen MR) is 190 cm³/mol. The molecule has 11 heteroatoms. The summed E-state index contributed by atoms with van der Waals surface area (Å²) in [6, 6.07) is 12.2. The monoisotopic (exact) mass is 685 g/mol. The fourth-order valence-corrected chi connectivity index (χ4v) is 10.2. The fourth-order valence-electron chi connectivity index (χ4n) is 8.27. The molecule has 0 saturated heterocycles. The lowest BCUT2D eigenvalue weighted by molar-refractivity contribution is 0.0131. The van der Waals surface area contributed by atoms with Gasteiger partial charge in [0, 0.05) is 44.4 Å². The summed E-state index contributed by atoms with van der Waals surface area (Å²) < 4.78 is 35.5. The van der Waals surface area contributed by atoms with Gasteiger partial charge in [0.25, 0.3) is 11.8 Å². The molecule has 49 heavy (non-hydrogen) atoms. The minimum absolute atomic E-state index is 0.0143. The van der Waals surface area contributed by atoms with Gasteiger partial charge >= 0.3 is 0 Å². The summed E-state index contributed by atoms with van der Waals surface area (Å²) >= 11 is 0. The molecule has 10 nitrogen and oxygen atoms in total. The van der Waals surface area contributed by atoms with Crippen LogP contribution in [0.15, 0.2) is 65.3 Å². The number of nitrogens with one attached hydrogen (secondary N) is 1. The van der Waals surface area contributed by atoms with Crippen LogP contribution in [0.5, 0.6) is 5.75 Å². The van der Waals surface area contributed by atoms with Crippen LogP contribution in [-0.2, 0) is 33.5 Å². The first kappa shape index (κ1) is 33.5. The summed E-state index contributed by atoms with van der Waals surface area (Å²) in [5.74, 6) is 0.162. The van der Waals surface area contributed by atoms with Crippen LogP contribution in [0.25, 0.3) is 0 Å². The summed E-state index contributed by atoms with van der Waals surface area (Å²) in [4.78, 5) is 29.5. The zero-order valence-corrected chi connectivity index (χ0v) is 29.7. The number of nitrogens with zero attached hydrogens (tertiary/aromatic N) is 4. The van der Waals surface area contributed by atoms with Crippen molar-refractivity contribution in [1.82, 2.24) is 14.5 Å². The molecule has 2 amide bonds. The molecule has 1 fully saturated rings. The van der Waals surface area contributed by atoms with Crippen molar-refractivity contribution in [3.8, 4) is 5.75 Å². The van der Waals surface area contributed by atoms with Gasteiger partial charge in [0.2, 0.25) is 0 Å². The lowest BCUT2D eigenvalue weighted by Gasteiger charge is -2.46. The van der Waals surface area contributed by atoms with Crippen LogP contribution in [0, 0.1) is 24.7 Å². The Morgan fingerprint density at radius 2 is 2.04 bits per heavy atom. The molecule has 2 aromatic carbocycles. The highest BCUT2D eigenvalue weighted by molar-refractivity contribution is 7.92. The van der Waals surface area contributed by atoms with E-state index < -0.39 is 21.7 Å². The average Bonchev–Trinajstić information content (AvgIpc) is 3.43. The Morgan fingerprint density at radius 1 is 1.18 bits per heavy atom. The van der Waals surface area contributed by atoms with Crippen molar-refractivity contribution in [2.45, 2.75) is 63.9 Å². The van der Waals surface area contributed by atoms with Crippen LogP contribution in [0.4, 0.5) is 5.69 Å². The molecule has 1 aromatic heterocycles. The molecule has 3 aromatic rings. The molecular formula is C38H47N5O5S. The first-order chi connectivity index (χ1) is 23.5. The highest BCUT2D eigenvalue weighted by Crippen LogP contribution is 2.47. The van der Waals surface area contributed by atoms with Crippen molar-refractivity contribution in [2.75, 3.05) is 37.5 Å². The smallest absolute Gasteiger partial charge is 0.286 e. The topological polar surface area (TPSA) is 115 Å². The maximum Gasteiger partial charge on any atom is 0.286 e. The number of carbonyl (C=O) groups is 2. The Morgan fingerprint density at radius 3 is 2.80 bits per heavy atom. The van der Waals surface area contributed by atoms with E-state index in [1.54, 1.807) is 26.4 Å². The van der Waals surface area contributed by atoms with Gasteiger partial charge in [-0.05, 0) is 92.5 Å². The first-order valence-electron chi connectivity index (χ1n) is 17.5. The number of benzene rings is 2. The molecule has 1 spiro atoms. The van der Waals surface area contributed by atoms with Gasteiger partial charge in [0.05, 0.1) is 35.9 Å². The molecule has 2 aliphatic carbocycles. The summed E-state index contributed by atoms with van der Waals surface area (Å²) in [6.07, 6.45) is 13.1. The zero-order valence-electron chi connectivity index (χ0n) is 28.9. The Hall–Kier alpha value is -3.96. The van der Waals surface area contributed by atoms with Crippen LogP contribution < -0.4 is 14.4 Å². The predicted octanol–water partition coefficient (Wildman–Crippen LogP) is 5.79. The Labute approximate surface area is 289 Å². The van der Waals surface area contributed by atoms with Crippen molar-refractivity contribution >= 4 is 27.4 Å². The minimum atomic E-state index is -3.50. The number of fused-ring (bicyclic) bond motifs is 4. The summed E-state index contributed by atoms with van der Waals surface area (Å²) in [6.45, 7) is 6.22. The molecule has 6 atom stereocenters. The highest BCUT2D eigenvalue weighted by Gasteiger charge is 2.44. The molecule has 1 N–H and O–H groups in total. The molecule has 1 unspecified atom stereocenters. The third-order valence-corrected chi connectivity index (χ3v) is 12.9. The van der Waals surface area contributed by atoms with Crippen LogP contribution >= 0.6 is 0 Å². The minimum Gasteiger partial charge on any atom is -0.490 e. The second-order valence-electron chi connectivity index (χ2n) is 14.7. The molecule has 3 heterocycles. The van der Waals surface area contributed by atoms with Crippen LogP contribution in [0.1, 0.15) is 76.4 Å². The standard InChI is InChI=1S/C38H47N5O5S/c1-25-10-14-32-27(17-25)8-6-16-38(32)23-43-21-29-11-13-31(29)34(47-4)9-5-7-26(2)22-49(46,41-37(45)30-19-39-42(3)20-30)40-36(44)28-12-15-35(48-24-38)33(43)18-28/h5,9-10,12,14-15,17-20,26,29,31,34H,6-8,11,13,16,21-24H2,1-4H3,(H,40,41,44,45,46)/b9-5+/t26-,29-,31+,34-,38-,49?/m0/s1. The number of amides is 2. The van der Waals surface area contributed by atoms with E-state index in [0.29, 0.717) is 30.4 Å². The van der Waals surface area contributed by atoms with Gasteiger partial charge in [-0.2, -0.15) is 5.10 Å². The normalized spacial score (nSPS) is 30.5. The molecule has 1 saturated carbocycles. The van der Waals surface area contributed by atoms with Crippen molar-refractivity contribution < 1.29 is 23.3 Å². The number of carbonyl (C=O) groups excluding carboxylic acids is 2. The number of anilines is 1. The highest BCUT2D eigenvalue weighted by atomic mass is 32.2. The van der Waals surface area contributed by atoms with E-state index in [1.807, 2.05) is 19.1 Å². The number of hydrogen-bond donors (Lipinski definition) is 1. The maximum atomic E-state index is 14.4. The summed E-state index contributed by atoms with van der Waals surface area (Å²) in [7, 11) is -0.0300. The van der Waals surface area contributed by atoms with Crippen LogP contribution in [0.3, 0.4) is 0 Å². The van der Waals surface area contributed by atoms with Crippen LogP contribution in [0.2, 0.25) is 0 Å². The van der Waals surface area contributed by atoms with E-state index in [4.69, 9.17) is 9.47 Å². The third kappa shape index (κ3) is 6.79. The summed E-state index contributed by atoms with van der Waals surface area (Å²) in [5.41, 5.74) is 5.23. The molecule has 0 radical (unpaired) electrons. The molecule has 260 valence electrons. The first-order valence-corrected chi connectivity index (χ1v) is 19.1. The van der Waals surface area contributed by atoms with Gasteiger partial charge in [-0.1, -0.05) is 42.8 Å². The molecule has 2 aliphatic heterocycles. The SMILES string of the molecule is CO[C@H]1/C=C/C[C@H](C)CS(=O)(NC(=O)c2cnn(C)c2)=NC(=O)c2ccc3c(c2)N(C[C@@H]2CC[C@H]21)C[C@@]1(CCCc2cc(C)ccc21)CO3. The number of allylic oxidation sites excluding steroid dienone is 1. The van der Waals surface area contributed by atoms with Gasteiger partial charge in [0.1, 0.15) is 15.7 Å². The Balaban J connectivity index is 1.31. The molecular weight excluding hydrogens is 639 g/mol. The second kappa shape index (κ2) is 13.4. The van der Waals surface area contributed by atoms with E-state index >= 15 is 0 Å². The van der Waals surface area contributed by atoms with Crippen molar-refractivity contribution in [1.29, 1.82) is 0 Å². The van der Waals surface area contributed by atoms with Gasteiger partial charge in [0.15, 0.2) is 0 Å². The van der Waals surface area contributed by atoms with Gasteiger partial charge in [-0.3, -0.25) is 19.0 Å². The number of hydrogen-bond acceptors (Lipinski definition) is 7. The number of methoxy groups -OCH3 is 1. The van der Waals surface area contributed by atoms with Crippen LogP contribution in [-0.4, -0.2) is 64.5 Å². The lowest BCUT2D eigenvalue weighted by Crippen LogP contribution is -2.49. The quantitative estimate of drug-likeness (QED) is 0.347. The largest absolute Gasteiger partial charge is 0.490 e. The van der Waals surface area contributed by atoms with E-state index in [1.165, 1.54) is 27.6 Å². The van der Waals surface area contributed by atoms with Gasteiger partial charge < -0.3 is 14.4 Å². The van der Waals surface area contributed by atoms with Crippen molar-refractivity contribution in [3.63, 3.8) is 0 Å². The zero-order chi connectivity index (χ0) is 34.3. The average molecular weight is 686 g/mol. The fraction of sp³-hybridized carbons (Fsp3) is 0.500. The van der Waals surface area contributed by atoms with E-state index in [2.05, 4.69) is 56.4 Å².